The van der Waals surface area contributed by atoms with E-state index in [0.717, 1.165) is 111 Å². The van der Waals surface area contributed by atoms with Crippen LogP contribution in [0.3, 0.4) is 0 Å². The zero-order chi connectivity index (χ0) is 39.6. The number of aryl methyl sites for hydroxylation is 2. The summed E-state index contributed by atoms with van der Waals surface area (Å²) in [5, 5.41) is 0. The molecule has 7 aromatic rings. The van der Waals surface area contributed by atoms with Gasteiger partial charge in [0.05, 0.1) is 22.8 Å². The highest BCUT2D eigenvalue weighted by molar-refractivity contribution is 9.10. The van der Waals surface area contributed by atoms with Crippen LogP contribution in [0, 0.1) is 0 Å². The lowest BCUT2D eigenvalue weighted by Gasteiger charge is -2.08. The molecule has 4 nitrogen and oxygen atoms in total. The molecule has 0 fully saturated rings. The Morgan fingerprint density at radius 3 is 0.931 bits per heavy atom. The third kappa shape index (κ3) is 7.71. The van der Waals surface area contributed by atoms with Crippen LogP contribution in [0.25, 0.3) is 90.9 Å². The second-order valence-corrected chi connectivity index (χ2v) is 16.9. The molecule has 0 saturated carbocycles. The molecule has 3 aromatic heterocycles. The van der Waals surface area contributed by atoms with Crippen molar-refractivity contribution >= 4 is 78.2 Å². The van der Waals surface area contributed by atoms with E-state index in [-0.39, 0.29) is 0 Å². The number of nitrogens with zero attached hydrogens (tertiary/aromatic N) is 2. The molecule has 9 rings (SSSR count). The fourth-order valence-corrected chi connectivity index (χ4v) is 8.62. The minimum absolute atomic E-state index is 0.902. The fourth-order valence-electron chi connectivity index (χ4n) is 8.09. The van der Waals surface area contributed by atoms with E-state index in [1.54, 1.807) is 0 Å². The predicted molar refractivity (Wildman–Crippen MR) is 253 cm³/mol. The standard InChI is InChI=1S/C52H44Br2N4/c1-3-5-7-33-9-13-35(14-10-33)49-41-25-29-45(55-41)51(37-17-21-39(53)22-18-37)47-31-27-43(57-47)50(36-15-11-34(12-16-36)8-6-4-2)44-28-32-48(58-44)52(46-30-26-42(49)56-46)38-19-23-40(54)24-20-38/h9-32,55,58H,3-8H2,1-2H3. The lowest BCUT2D eigenvalue weighted by Crippen LogP contribution is -1.91. The first-order valence-corrected chi connectivity index (χ1v) is 21.9. The Kier molecular flexibility index (Phi) is 11.0. The summed E-state index contributed by atoms with van der Waals surface area (Å²) in [7, 11) is 0. The summed E-state index contributed by atoms with van der Waals surface area (Å²) in [6.07, 6.45) is 15.5. The summed E-state index contributed by atoms with van der Waals surface area (Å²) in [5.74, 6) is 0. The number of unbranched alkanes of at least 4 members (excludes halogenated alkanes) is 2. The predicted octanol–water partition coefficient (Wildman–Crippen LogP) is 15.5. The number of hydrogen-bond acceptors (Lipinski definition) is 2. The number of fused-ring (bicyclic) bond motifs is 8. The summed E-state index contributed by atoms with van der Waals surface area (Å²) in [6.45, 7) is 4.49. The minimum Gasteiger partial charge on any atom is -0.354 e. The van der Waals surface area contributed by atoms with E-state index in [1.165, 1.54) is 36.8 Å². The number of aromatic amines is 2. The molecule has 0 amide bonds. The van der Waals surface area contributed by atoms with E-state index in [2.05, 4.69) is 201 Å². The summed E-state index contributed by atoms with van der Waals surface area (Å²) in [4.78, 5) is 18.7. The molecule has 8 bridgehead atoms. The molecular weight excluding hydrogens is 840 g/mol. The third-order valence-corrected chi connectivity index (χ3v) is 12.2. The van der Waals surface area contributed by atoms with Gasteiger partial charge in [-0.3, -0.25) is 0 Å². The van der Waals surface area contributed by atoms with Gasteiger partial charge < -0.3 is 9.97 Å². The summed E-state index contributed by atoms with van der Waals surface area (Å²) >= 11 is 7.33. The molecule has 2 aliphatic heterocycles. The van der Waals surface area contributed by atoms with Crippen LogP contribution < -0.4 is 0 Å². The maximum Gasteiger partial charge on any atom is 0.0737 e. The molecule has 0 saturated heterocycles. The fraction of sp³-hybridized carbons (Fsp3) is 0.154. The van der Waals surface area contributed by atoms with Gasteiger partial charge in [0.15, 0.2) is 0 Å². The molecule has 4 aromatic carbocycles. The van der Waals surface area contributed by atoms with Gasteiger partial charge in [0.25, 0.3) is 0 Å². The number of nitrogens with one attached hydrogen (secondary N) is 2. The van der Waals surface area contributed by atoms with Gasteiger partial charge in [-0.25, -0.2) is 9.97 Å². The van der Waals surface area contributed by atoms with Gasteiger partial charge in [0, 0.05) is 53.3 Å². The average Bonchev–Trinajstić information content (AvgIpc) is 4.10. The van der Waals surface area contributed by atoms with E-state index >= 15 is 0 Å². The van der Waals surface area contributed by atoms with Crippen molar-refractivity contribution in [1.29, 1.82) is 0 Å². The van der Waals surface area contributed by atoms with Crippen LogP contribution in [0.15, 0.2) is 130 Å². The lowest BCUT2D eigenvalue weighted by atomic mass is 10.0. The molecule has 5 heterocycles. The van der Waals surface area contributed by atoms with Gasteiger partial charge in [0.2, 0.25) is 0 Å². The average molecular weight is 885 g/mol. The molecule has 6 heteroatoms. The van der Waals surface area contributed by atoms with E-state index in [9.17, 15) is 0 Å². The van der Waals surface area contributed by atoms with Crippen molar-refractivity contribution < 1.29 is 0 Å². The Morgan fingerprint density at radius 1 is 0.379 bits per heavy atom. The van der Waals surface area contributed by atoms with Crippen LogP contribution in [-0.2, 0) is 12.8 Å². The molecule has 0 spiro atoms. The van der Waals surface area contributed by atoms with Crippen LogP contribution >= 0.6 is 31.9 Å². The van der Waals surface area contributed by atoms with Crippen LogP contribution in [0.2, 0.25) is 0 Å². The number of halogens is 2. The van der Waals surface area contributed by atoms with Gasteiger partial charge in [0.1, 0.15) is 0 Å². The first kappa shape index (κ1) is 38.0. The van der Waals surface area contributed by atoms with Crippen molar-refractivity contribution in [2.75, 3.05) is 0 Å². The number of benzene rings is 4. The number of rotatable bonds is 10. The van der Waals surface area contributed by atoms with E-state index in [4.69, 9.17) is 9.97 Å². The van der Waals surface area contributed by atoms with Crippen molar-refractivity contribution in [2.45, 2.75) is 52.4 Å². The van der Waals surface area contributed by atoms with Crippen molar-refractivity contribution in [3.8, 4) is 44.5 Å². The molecule has 0 aliphatic carbocycles. The van der Waals surface area contributed by atoms with E-state index in [1.807, 2.05) is 0 Å². The smallest absolute Gasteiger partial charge is 0.0737 e. The van der Waals surface area contributed by atoms with Gasteiger partial charge in [-0.2, -0.15) is 0 Å². The Labute approximate surface area is 357 Å². The quantitative estimate of drug-likeness (QED) is 0.144. The van der Waals surface area contributed by atoms with E-state index in [0.29, 0.717) is 0 Å². The van der Waals surface area contributed by atoms with Gasteiger partial charge in [-0.05, 0) is 132 Å². The zero-order valence-electron chi connectivity index (χ0n) is 32.7. The normalized spacial score (nSPS) is 12.1. The second-order valence-electron chi connectivity index (χ2n) is 15.1. The minimum atomic E-state index is 0.902. The lowest BCUT2D eigenvalue weighted by molar-refractivity contribution is 0.795. The Hall–Kier alpha value is -5.56. The summed E-state index contributed by atoms with van der Waals surface area (Å²) in [5.41, 5.74) is 18.9. The molecule has 2 aliphatic rings. The second kappa shape index (κ2) is 16.7. The van der Waals surface area contributed by atoms with Crippen molar-refractivity contribution in [3.63, 3.8) is 0 Å². The first-order chi connectivity index (χ1) is 28.4. The Morgan fingerprint density at radius 2 is 0.655 bits per heavy atom. The molecular formula is C52H44Br2N4. The highest BCUT2D eigenvalue weighted by Crippen LogP contribution is 2.39. The molecule has 0 radical (unpaired) electrons. The Bertz CT molecular complexity index is 2640. The van der Waals surface area contributed by atoms with Gasteiger partial charge in [-0.1, -0.05) is 131 Å². The van der Waals surface area contributed by atoms with Crippen molar-refractivity contribution in [3.05, 3.63) is 164 Å². The number of aromatic nitrogens is 4. The largest absolute Gasteiger partial charge is 0.354 e. The highest BCUT2D eigenvalue weighted by atomic mass is 79.9. The zero-order valence-corrected chi connectivity index (χ0v) is 35.9. The first-order valence-electron chi connectivity index (χ1n) is 20.3. The van der Waals surface area contributed by atoms with Crippen LogP contribution in [0.5, 0.6) is 0 Å². The molecule has 2 N–H and O–H groups in total. The van der Waals surface area contributed by atoms with Crippen LogP contribution in [0.1, 0.15) is 73.4 Å². The van der Waals surface area contributed by atoms with Crippen LogP contribution in [-0.4, -0.2) is 19.9 Å². The number of H-pyrrole nitrogens is 2. The molecule has 0 atom stereocenters. The SMILES string of the molecule is CCCCc1ccc(-c2c3nc(c(-c4ccc(Br)cc4)c4ccc([nH]4)c(-c4ccc(CCCC)cc4)c4nc(c(-c5ccc(Br)cc5)c5ccc2[nH]5)C=C4)C=C3)cc1. The molecule has 58 heavy (non-hydrogen) atoms. The summed E-state index contributed by atoms with van der Waals surface area (Å²) < 4.78 is 2.06. The molecule has 0 unspecified atom stereocenters. The third-order valence-electron chi connectivity index (χ3n) is 11.1. The highest BCUT2D eigenvalue weighted by Gasteiger charge is 2.19. The van der Waals surface area contributed by atoms with Crippen LogP contribution in [0.4, 0.5) is 0 Å². The summed E-state index contributed by atoms with van der Waals surface area (Å²) in [6, 6.07) is 43.9. The maximum atomic E-state index is 5.47. The van der Waals surface area contributed by atoms with Crippen molar-refractivity contribution in [1.82, 2.24) is 19.9 Å². The monoisotopic (exact) mass is 882 g/mol. The maximum absolute atomic E-state index is 5.47. The molecule has 286 valence electrons. The number of hydrogen-bond donors (Lipinski definition) is 2. The Balaban J connectivity index is 1.39. The van der Waals surface area contributed by atoms with Crippen molar-refractivity contribution in [2.24, 2.45) is 0 Å². The topological polar surface area (TPSA) is 57.4 Å². The van der Waals surface area contributed by atoms with Gasteiger partial charge >= 0.3 is 0 Å². The van der Waals surface area contributed by atoms with E-state index < -0.39 is 0 Å². The van der Waals surface area contributed by atoms with Gasteiger partial charge in [-0.15, -0.1) is 0 Å².